The first-order valence-corrected chi connectivity index (χ1v) is 13.8. The normalized spacial score (nSPS) is 15.2. The van der Waals surface area contributed by atoms with Gasteiger partial charge in [0.1, 0.15) is 5.82 Å². The molecule has 0 fully saturated rings. The lowest BCUT2D eigenvalue weighted by atomic mass is 9.95. The summed E-state index contributed by atoms with van der Waals surface area (Å²) < 4.78 is 1.96. The number of aromatic nitrogens is 3. The van der Waals surface area contributed by atoms with Gasteiger partial charge in [0.15, 0.2) is 5.69 Å². The molecule has 0 bridgehead atoms. The zero-order valence-electron chi connectivity index (χ0n) is 25.1. The number of pyridine rings is 1. The molecule has 2 atom stereocenters. The first kappa shape index (κ1) is 29.6. The second-order valence-corrected chi connectivity index (χ2v) is 11.3. The van der Waals surface area contributed by atoms with E-state index in [0.717, 1.165) is 22.6 Å². The van der Waals surface area contributed by atoms with Crippen LogP contribution >= 0.6 is 0 Å². The lowest BCUT2D eigenvalue weighted by molar-refractivity contribution is 0.0826. The van der Waals surface area contributed by atoms with Gasteiger partial charge < -0.3 is 25.3 Å². The number of hydrogen-bond donors (Lipinski definition) is 2. The van der Waals surface area contributed by atoms with E-state index >= 15 is 0 Å². The summed E-state index contributed by atoms with van der Waals surface area (Å²) in [4.78, 5) is 47.6. The van der Waals surface area contributed by atoms with Gasteiger partial charge in [0, 0.05) is 76.4 Å². The average Bonchev–Trinajstić information content (AvgIpc) is 3.34. The van der Waals surface area contributed by atoms with Crippen LogP contribution in [0.3, 0.4) is 0 Å². The van der Waals surface area contributed by atoms with Gasteiger partial charge in [-0.15, -0.1) is 0 Å². The molecular formula is C30H40N8O3. The number of carbonyl (C=O) groups is 3. The maximum absolute atomic E-state index is 13.6. The van der Waals surface area contributed by atoms with Crippen LogP contribution in [0.25, 0.3) is 0 Å². The van der Waals surface area contributed by atoms with Crippen LogP contribution in [-0.2, 0) is 6.54 Å². The van der Waals surface area contributed by atoms with E-state index in [4.69, 9.17) is 5.10 Å². The lowest BCUT2D eigenvalue weighted by Crippen LogP contribution is -2.35. The van der Waals surface area contributed by atoms with E-state index in [1.54, 1.807) is 40.5 Å². The number of benzene rings is 1. The molecule has 4 rings (SSSR count). The summed E-state index contributed by atoms with van der Waals surface area (Å²) in [6, 6.07) is 10.7. The van der Waals surface area contributed by atoms with Gasteiger partial charge in [0.05, 0.1) is 11.6 Å². The predicted molar refractivity (Wildman–Crippen MR) is 159 cm³/mol. The second kappa shape index (κ2) is 12.0. The highest BCUT2D eigenvalue weighted by molar-refractivity contribution is 5.95. The van der Waals surface area contributed by atoms with Crippen LogP contribution in [0.1, 0.15) is 83.4 Å². The maximum Gasteiger partial charge on any atom is 0.321 e. The van der Waals surface area contributed by atoms with Crippen molar-refractivity contribution in [3.8, 4) is 0 Å². The first-order valence-electron chi connectivity index (χ1n) is 13.8. The van der Waals surface area contributed by atoms with Crippen molar-refractivity contribution in [1.82, 2.24) is 29.9 Å². The molecule has 0 spiro atoms. The molecular weight excluding hydrogens is 520 g/mol. The van der Waals surface area contributed by atoms with Crippen LogP contribution in [0.5, 0.6) is 0 Å². The Hall–Kier alpha value is -4.41. The average molecular weight is 561 g/mol. The fraction of sp³-hybridized carbons (Fsp3) is 0.433. The third-order valence-electron chi connectivity index (χ3n) is 7.20. The van der Waals surface area contributed by atoms with Crippen LogP contribution in [0.4, 0.5) is 16.3 Å². The molecule has 1 aliphatic rings. The van der Waals surface area contributed by atoms with Crippen LogP contribution < -0.4 is 15.5 Å². The third kappa shape index (κ3) is 6.34. The van der Waals surface area contributed by atoms with Crippen molar-refractivity contribution in [3.05, 3.63) is 70.7 Å². The quantitative estimate of drug-likeness (QED) is 0.446. The summed E-state index contributed by atoms with van der Waals surface area (Å²) >= 11 is 0. The number of amides is 4. The number of carbonyl (C=O) groups excluding carboxylic acids is 3. The second-order valence-electron chi connectivity index (χ2n) is 11.3. The predicted octanol–water partition coefficient (Wildman–Crippen LogP) is 4.27. The topological polar surface area (TPSA) is 116 Å². The Morgan fingerprint density at radius 3 is 2.22 bits per heavy atom. The molecule has 0 aliphatic carbocycles. The van der Waals surface area contributed by atoms with E-state index in [1.165, 1.54) is 9.80 Å². The van der Waals surface area contributed by atoms with E-state index in [9.17, 15) is 14.4 Å². The van der Waals surface area contributed by atoms with Gasteiger partial charge in [-0.25, -0.2) is 9.78 Å². The SMILES string of the molecule is CC(C)n1nc(C(=O)N[C@@H](C)c2ccc(NC(=O)N(C)C)cc2)c2c1[C@@H](C)CN(c1ccc(C(=O)N(C)C)cn1)C2. The number of rotatable bonds is 7. The summed E-state index contributed by atoms with van der Waals surface area (Å²) in [5, 5.41) is 10.7. The highest BCUT2D eigenvalue weighted by Crippen LogP contribution is 2.34. The molecule has 218 valence electrons. The van der Waals surface area contributed by atoms with E-state index in [2.05, 4.69) is 41.3 Å². The Morgan fingerprint density at radius 2 is 1.66 bits per heavy atom. The first-order chi connectivity index (χ1) is 19.4. The largest absolute Gasteiger partial charge is 0.351 e. The van der Waals surface area contributed by atoms with Gasteiger partial charge in [-0.2, -0.15) is 5.10 Å². The Balaban J connectivity index is 1.56. The Morgan fingerprint density at radius 1 is 0.976 bits per heavy atom. The molecule has 3 aromatic rings. The van der Waals surface area contributed by atoms with E-state index < -0.39 is 0 Å². The smallest absolute Gasteiger partial charge is 0.321 e. The molecule has 2 aromatic heterocycles. The van der Waals surface area contributed by atoms with E-state index in [-0.39, 0.29) is 35.8 Å². The highest BCUT2D eigenvalue weighted by atomic mass is 16.2. The van der Waals surface area contributed by atoms with Gasteiger partial charge in [-0.05, 0) is 50.6 Å². The summed E-state index contributed by atoms with van der Waals surface area (Å²) in [6.45, 7) is 9.39. The van der Waals surface area contributed by atoms with Gasteiger partial charge in [0.25, 0.3) is 11.8 Å². The summed E-state index contributed by atoms with van der Waals surface area (Å²) in [7, 11) is 6.79. The third-order valence-corrected chi connectivity index (χ3v) is 7.20. The van der Waals surface area contributed by atoms with Crippen molar-refractivity contribution in [2.24, 2.45) is 0 Å². The summed E-state index contributed by atoms with van der Waals surface area (Å²) in [5.74, 6) is 0.517. The molecule has 11 heteroatoms. The number of anilines is 2. The number of nitrogens with one attached hydrogen (secondary N) is 2. The fourth-order valence-corrected chi connectivity index (χ4v) is 4.98. The molecule has 41 heavy (non-hydrogen) atoms. The van der Waals surface area contributed by atoms with Crippen molar-refractivity contribution in [2.45, 2.75) is 52.2 Å². The summed E-state index contributed by atoms with van der Waals surface area (Å²) in [6.07, 6.45) is 1.60. The van der Waals surface area contributed by atoms with Crippen molar-refractivity contribution in [1.29, 1.82) is 0 Å². The zero-order chi connectivity index (χ0) is 30.0. The van der Waals surface area contributed by atoms with Crippen LogP contribution in [0.15, 0.2) is 42.6 Å². The molecule has 0 saturated heterocycles. The minimum atomic E-state index is -0.276. The van der Waals surface area contributed by atoms with Gasteiger partial charge in [-0.1, -0.05) is 19.1 Å². The molecule has 4 amide bonds. The van der Waals surface area contributed by atoms with Crippen LogP contribution in [0.2, 0.25) is 0 Å². The van der Waals surface area contributed by atoms with E-state index in [0.29, 0.717) is 30.0 Å². The molecule has 3 heterocycles. The maximum atomic E-state index is 13.6. The molecule has 0 unspecified atom stereocenters. The Labute approximate surface area is 241 Å². The minimum absolute atomic E-state index is 0.0936. The van der Waals surface area contributed by atoms with E-state index in [1.807, 2.05) is 41.9 Å². The summed E-state index contributed by atoms with van der Waals surface area (Å²) in [5.41, 5.74) is 4.47. The number of urea groups is 1. The lowest BCUT2D eigenvalue weighted by Gasteiger charge is -2.33. The molecule has 0 saturated carbocycles. The van der Waals surface area contributed by atoms with Crippen molar-refractivity contribution < 1.29 is 14.4 Å². The standard InChI is InChI=1S/C30H40N8O3/c1-18(2)38-27-19(3)16-37(25-14-11-22(15-31-25)29(40)35(5)6)17-24(27)26(34-38)28(39)32-20(4)21-9-12-23(13-10-21)33-30(41)36(7)8/h9-15,18-20H,16-17H2,1-8H3,(H,32,39)(H,33,41)/t19-,20-/m0/s1. The molecule has 0 radical (unpaired) electrons. The van der Waals surface area contributed by atoms with Crippen molar-refractivity contribution in [3.63, 3.8) is 0 Å². The molecule has 11 nitrogen and oxygen atoms in total. The van der Waals surface area contributed by atoms with Gasteiger partial charge in [-0.3, -0.25) is 14.3 Å². The van der Waals surface area contributed by atoms with Crippen LogP contribution in [-0.4, -0.2) is 77.1 Å². The van der Waals surface area contributed by atoms with Gasteiger partial charge in [0.2, 0.25) is 0 Å². The molecule has 1 aromatic carbocycles. The van der Waals surface area contributed by atoms with Crippen molar-refractivity contribution >= 4 is 29.4 Å². The zero-order valence-corrected chi connectivity index (χ0v) is 25.1. The molecule has 2 N–H and O–H groups in total. The molecule has 1 aliphatic heterocycles. The number of fused-ring (bicyclic) bond motifs is 1. The van der Waals surface area contributed by atoms with Crippen molar-refractivity contribution in [2.75, 3.05) is 45.0 Å². The number of nitrogens with zero attached hydrogens (tertiary/aromatic N) is 6. The number of hydrogen-bond acceptors (Lipinski definition) is 6. The monoisotopic (exact) mass is 560 g/mol. The Bertz CT molecular complexity index is 1410. The minimum Gasteiger partial charge on any atom is -0.351 e. The highest BCUT2D eigenvalue weighted by Gasteiger charge is 2.34. The van der Waals surface area contributed by atoms with Crippen LogP contribution in [0, 0.1) is 0 Å². The fourth-order valence-electron chi connectivity index (χ4n) is 4.98. The van der Waals surface area contributed by atoms with Gasteiger partial charge >= 0.3 is 6.03 Å². The Kier molecular flexibility index (Phi) is 8.65.